The van der Waals surface area contributed by atoms with Crippen molar-refractivity contribution in [2.45, 2.75) is 32.4 Å². The quantitative estimate of drug-likeness (QED) is 0.784. The van der Waals surface area contributed by atoms with Gasteiger partial charge >= 0.3 is 0 Å². The molecule has 5 nitrogen and oxygen atoms in total. The number of nitrogens with zero attached hydrogens (tertiary/aromatic N) is 5. The molecule has 3 rings (SSSR count). The molecule has 1 saturated heterocycles. The molecule has 2 heterocycles. The first kappa shape index (κ1) is 19.5. The van der Waals surface area contributed by atoms with E-state index in [1.807, 2.05) is 17.9 Å². The van der Waals surface area contributed by atoms with Crippen molar-refractivity contribution in [2.75, 3.05) is 26.7 Å². The van der Waals surface area contributed by atoms with Crippen LogP contribution in [0.4, 0.5) is 4.39 Å². The Hall–Kier alpha value is -2.23. The molecule has 2 aromatic rings. The maximum Gasteiger partial charge on any atom is 0.123 e. The van der Waals surface area contributed by atoms with Gasteiger partial charge in [-0.25, -0.2) is 4.39 Å². The van der Waals surface area contributed by atoms with Gasteiger partial charge in [-0.3, -0.25) is 9.58 Å². The second kappa shape index (κ2) is 8.64. The minimum Gasteiger partial charge on any atom is -0.302 e. The van der Waals surface area contributed by atoms with Crippen LogP contribution < -0.4 is 0 Å². The predicted octanol–water partition coefficient (Wildman–Crippen LogP) is 3.34. The van der Waals surface area contributed by atoms with Crippen LogP contribution in [-0.2, 0) is 13.6 Å². The third-order valence-electron chi connectivity index (χ3n) is 5.51. The third kappa shape index (κ3) is 4.55. The summed E-state index contributed by atoms with van der Waals surface area (Å²) in [4.78, 5) is 4.74. The zero-order chi connectivity index (χ0) is 19.4. The van der Waals surface area contributed by atoms with Crippen LogP contribution in [0.25, 0.3) is 0 Å². The summed E-state index contributed by atoms with van der Waals surface area (Å²) in [5.74, 6) is 0.187. The van der Waals surface area contributed by atoms with Gasteiger partial charge in [-0.05, 0) is 62.7 Å². The molecule has 1 aromatic heterocycles. The molecule has 1 fully saturated rings. The summed E-state index contributed by atoms with van der Waals surface area (Å²) < 4.78 is 15.5. The summed E-state index contributed by atoms with van der Waals surface area (Å²) in [6, 6.07) is 6.92. The van der Waals surface area contributed by atoms with E-state index in [4.69, 9.17) is 0 Å². The van der Waals surface area contributed by atoms with E-state index in [0.717, 1.165) is 31.6 Å². The molecule has 2 atom stereocenters. The lowest BCUT2D eigenvalue weighted by Crippen LogP contribution is -2.42. The van der Waals surface area contributed by atoms with E-state index in [1.54, 1.807) is 6.07 Å². The molecule has 1 aliphatic heterocycles. The average molecular weight is 369 g/mol. The van der Waals surface area contributed by atoms with Crippen LogP contribution in [0.2, 0.25) is 0 Å². The van der Waals surface area contributed by atoms with Gasteiger partial charge in [0.25, 0.3) is 0 Å². The third-order valence-corrected chi connectivity index (χ3v) is 5.51. The van der Waals surface area contributed by atoms with Gasteiger partial charge in [0, 0.05) is 37.9 Å². The molecular formula is C21H28FN5. The van der Waals surface area contributed by atoms with Crippen LogP contribution >= 0.6 is 0 Å². The molecule has 0 N–H and O–H groups in total. The highest BCUT2D eigenvalue weighted by Crippen LogP contribution is 2.36. The van der Waals surface area contributed by atoms with Gasteiger partial charge in [0.2, 0.25) is 0 Å². The van der Waals surface area contributed by atoms with E-state index in [2.05, 4.69) is 41.1 Å². The van der Waals surface area contributed by atoms with Crippen molar-refractivity contribution >= 4 is 0 Å². The number of piperidine rings is 1. The maximum atomic E-state index is 13.6. The first-order valence-corrected chi connectivity index (χ1v) is 9.61. The van der Waals surface area contributed by atoms with Crippen molar-refractivity contribution in [3.05, 3.63) is 53.1 Å². The molecule has 0 spiro atoms. The smallest absolute Gasteiger partial charge is 0.123 e. The van der Waals surface area contributed by atoms with Gasteiger partial charge in [0.1, 0.15) is 5.82 Å². The van der Waals surface area contributed by atoms with Gasteiger partial charge in [0.15, 0.2) is 0 Å². The minimum atomic E-state index is -0.291. The van der Waals surface area contributed by atoms with Crippen LogP contribution in [0.15, 0.2) is 30.6 Å². The number of likely N-dealkylation sites (tertiary alicyclic amines) is 1. The van der Waals surface area contributed by atoms with E-state index in [0.29, 0.717) is 24.1 Å². The Labute approximate surface area is 161 Å². The number of hydrogen-bond acceptors (Lipinski definition) is 4. The molecule has 0 radical (unpaired) electrons. The predicted molar refractivity (Wildman–Crippen MR) is 103 cm³/mol. The van der Waals surface area contributed by atoms with E-state index in [-0.39, 0.29) is 5.82 Å². The number of hydrogen-bond donors (Lipinski definition) is 0. The van der Waals surface area contributed by atoms with E-state index in [9.17, 15) is 9.65 Å². The molecule has 27 heavy (non-hydrogen) atoms. The van der Waals surface area contributed by atoms with Crippen molar-refractivity contribution in [2.24, 2.45) is 13.0 Å². The lowest BCUT2D eigenvalue weighted by atomic mass is 9.85. The lowest BCUT2D eigenvalue weighted by molar-refractivity contribution is 0.0749. The zero-order valence-corrected chi connectivity index (χ0v) is 16.4. The van der Waals surface area contributed by atoms with Crippen LogP contribution in [0, 0.1) is 23.1 Å². The molecule has 0 unspecified atom stereocenters. The highest BCUT2D eigenvalue weighted by atomic mass is 19.1. The topological polar surface area (TPSA) is 48.1 Å². The summed E-state index contributed by atoms with van der Waals surface area (Å²) >= 11 is 0. The zero-order valence-electron chi connectivity index (χ0n) is 16.4. The Kier molecular flexibility index (Phi) is 6.25. The van der Waals surface area contributed by atoms with Crippen LogP contribution in [0.1, 0.15) is 42.5 Å². The number of halogens is 1. The number of aryl methyl sites for hydroxylation is 1. The largest absolute Gasteiger partial charge is 0.302 e. The molecule has 1 aliphatic rings. The number of nitriles is 1. The minimum absolute atomic E-state index is 0.291. The van der Waals surface area contributed by atoms with E-state index in [1.165, 1.54) is 24.1 Å². The summed E-state index contributed by atoms with van der Waals surface area (Å²) in [5.41, 5.74) is 2.56. The molecule has 0 saturated carbocycles. The van der Waals surface area contributed by atoms with Gasteiger partial charge in [-0.2, -0.15) is 10.4 Å². The summed E-state index contributed by atoms with van der Waals surface area (Å²) in [5, 5.41) is 13.7. The first-order chi connectivity index (χ1) is 13.0. The molecule has 0 bridgehead atoms. The monoisotopic (exact) mass is 369 g/mol. The molecule has 144 valence electrons. The second-order valence-electron chi connectivity index (χ2n) is 7.53. The molecule has 1 aromatic carbocycles. The second-order valence-corrected chi connectivity index (χ2v) is 7.53. The van der Waals surface area contributed by atoms with E-state index >= 15 is 0 Å². The fourth-order valence-electron chi connectivity index (χ4n) is 4.33. The first-order valence-electron chi connectivity index (χ1n) is 9.61. The van der Waals surface area contributed by atoms with Crippen molar-refractivity contribution in [3.63, 3.8) is 0 Å². The van der Waals surface area contributed by atoms with E-state index < -0.39 is 0 Å². The average Bonchev–Trinajstić information content (AvgIpc) is 3.07. The lowest BCUT2D eigenvalue weighted by Gasteiger charge is -2.42. The standard InChI is InChI=1S/C21H28FN5/c1-4-27-9-5-6-17(21(27)19-12-24-26(3)15-19)13-25(2)14-18-10-20(22)8-7-16(18)11-23/h7-8,10,12,15,17,21H,4-6,9,13-14H2,1-3H3/t17-,21+/m0/s1. The molecule has 6 heteroatoms. The van der Waals surface area contributed by atoms with Crippen LogP contribution in [0.3, 0.4) is 0 Å². The number of aromatic nitrogens is 2. The fraction of sp³-hybridized carbons (Fsp3) is 0.524. The Balaban J connectivity index is 1.76. The highest BCUT2D eigenvalue weighted by molar-refractivity contribution is 5.37. The SMILES string of the molecule is CCN1CCC[C@@H](CN(C)Cc2cc(F)ccc2C#N)[C@@H]1c1cnn(C)c1. The van der Waals surface area contributed by atoms with Gasteiger partial charge < -0.3 is 4.90 Å². The Morgan fingerprint density at radius 2 is 2.22 bits per heavy atom. The van der Waals surface area contributed by atoms with Crippen LogP contribution in [-0.4, -0.2) is 46.3 Å². The van der Waals surface area contributed by atoms with Gasteiger partial charge in [0.05, 0.1) is 17.8 Å². The molecular weight excluding hydrogens is 341 g/mol. The normalized spacial score (nSPS) is 20.7. The number of benzene rings is 1. The highest BCUT2D eigenvalue weighted by Gasteiger charge is 2.33. The van der Waals surface area contributed by atoms with Crippen molar-refractivity contribution in [1.82, 2.24) is 19.6 Å². The summed E-state index contributed by atoms with van der Waals surface area (Å²) in [6.07, 6.45) is 6.44. The maximum absolute atomic E-state index is 13.6. The van der Waals surface area contributed by atoms with Crippen LogP contribution in [0.5, 0.6) is 0 Å². The number of rotatable bonds is 6. The molecule has 0 aliphatic carbocycles. The van der Waals surface area contributed by atoms with Gasteiger partial charge in [-0.15, -0.1) is 0 Å². The fourth-order valence-corrected chi connectivity index (χ4v) is 4.33. The Morgan fingerprint density at radius 3 is 2.89 bits per heavy atom. The molecule has 0 amide bonds. The van der Waals surface area contributed by atoms with Crippen molar-refractivity contribution in [1.29, 1.82) is 5.26 Å². The van der Waals surface area contributed by atoms with Gasteiger partial charge in [-0.1, -0.05) is 6.92 Å². The van der Waals surface area contributed by atoms with Crippen molar-refractivity contribution in [3.8, 4) is 6.07 Å². The van der Waals surface area contributed by atoms with Crippen molar-refractivity contribution < 1.29 is 4.39 Å². The Morgan fingerprint density at radius 1 is 1.41 bits per heavy atom. The summed E-state index contributed by atoms with van der Waals surface area (Å²) in [7, 11) is 4.01. The summed E-state index contributed by atoms with van der Waals surface area (Å²) in [6.45, 7) is 5.81. The Bertz CT molecular complexity index is 809.